The van der Waals surface area contributed by atoms with Crippen molar-refractivity contribution in [2.45, 2.75) is 31.6 Å². The van der Waals surface area contributed by atoms with Crippen molar-refractivity contribution in [1.82, 2.24) is 0 Å². The highest BCUT2D eigenvalue weighted by Crippen LogP contribution is 2.40. The minimum Gasteiger partial charge on any atom is -0.495 e. The summed E-state index contributed by atoms with van der Waals surface area (Å²) in [6.07, 6.45) is 7.06. The third kappa shape index (κ3) is 2.82. The van der Waals surface area contributed by atoms with E-state index in [9.17, 15) is 0 Å². The van der Waals surface area contributed by atoms with Gasteiger partial charge >= 0.3 is 0 Å². The zero-order chi connectivity index (χ0) is 11.5. The van der Waals surface area contributed by atoms with Crippen molar-refractivity contribution in [3.05, 3.63) is 41.7 Å². The minimum atomic E-state index is 0.558. The molecule has 2 heteroatoms. The Hall–Kier alpha value is -1.44. The number of hydrogen-bond acceptors (Lipinski definition) is 2. The Morgan fingerprint density at radius 3 is 2.65 bits per heavy atom. The second kappa shape index (κ2) is 4.82. The van der Waals surface area contributed by atoms with Crippen LogP contribution in [-0.4, -0.2) is 13.2 Å². The van der Waals surface area contributed by atoms with Crippen molar-refractivity contribution >= 4 is 0 Å². The van der Waals surface area contributed by atoms with E-state index in [1.807, 2.05) is 0 Å². The molecule has 0 bridgehead atoms. The van der Waals surface area contributed by atoms with E-state index in [2.05, 4.69) is 30.3 Å². The van der Waals surface area contributed by atoms with Crippen LogP contribution in [0.5, 0.6) is 5.75 Å². The van der Waals surface area contributed by atoms with E-state index >= 15 is 0 Å². The highest BCUT2D eigenvalue weighted by Gasteiger charge is 2.22. The van der Waals surface area contributed by atoms with Gasteiger partial charge in [-0.2, -0.15) is 0 Å². The van der Waals surface area contributed by atoms with E-state index in [0.29, 0.717) is 6.61 Å². The van der Waals surface area contributed by atoms with Crippen LogP contribution in [0.15, 0.2) is 36.1 Å². The molecule has 3 rings (SSSR count). The molecule has 1 heterocycles. The molecule has 1 fully saturated rings. The molecule has 0 atom stereocenters. The fraction of sp³-hybridized carbons (Fsp3) is 0.467. The van der Waals surface area contributed by atoms with Crippen molar-refractivity contribution in [2.24, 2.45) is 0 Å². The van der Waals surface area contributed by atoms with Crippen LogP contribution in [0.4, 0.5) is 0 Å². The summed E-state index contributed by atoms with van der Waals surface area (Å²) < 4.78 is 11.2. The lowest BCUT2D eigenvalue weighted by Gasteiger charge is -2.15. The van der Waals surface area contributed by atoms with Gasteiger partial charge in [-0.1, -0.05) is 12.1 Å². The van der Waals surface area contributed by atoms with Crippen LogP contribution in [0.1, 0.15) is 37.2 Å². The Morgan fingerprint density at radius 1 is 1.18 bits per heavy atom. The molecule has 0 radical (unpaired) electrons. The number of allylic oxidation sites excluding steroid dienone is 1. The van der Waals surface area contributed by atoms with E-state index in [0.717, 1.165) is 36.9 Å². The van der Waals surface area contributed by atoms with Gasteiger partial charge in [0.1, 0.15) is 18.1 Å². The topological polar surface area (TPSA) is 18.5 Å². The molecule has 1 saturated carbocycles. The molecule has 0 amide bonds. The van der Waals surface area contributed by atoms with Crippen LogP contribution in [0.25, 0.3) is 0 Å². The summed E-state index contributed by atoms with van der Waals surface area (Å²) >= 11 is 0. The molecule has 17 heavy (non-hydrogen) atoms. The molecule has 1 aliphatic carbocycles. The first-order chi connectivity index (χ1) is 8.42. The standard InChI is InChI=1S/C15H18O2/c1-2-10-16-15(3-1)11-17-14-8-6-13(7-9-14)12-4-5-12/h3,6-9,12H,1-2,4-5,10-11H2. The first kappa shape index (κ1) is 10.7. The predicted octanol–water partition coefficient (Wildman–Crippen LogP) is 3.64. The largest absolute Gasteiger partial charge is 0.495 e. The van der Waals surface area contributed by atoms with Crippen molar-refractivity contribution in [1.29, 1.82) is 0 Å². The second-order valence-electron chi connectivity index (χ2n) is 4.79. The molecular formula is C15H18O2. The van der Waals surface area contributed by atoms with Crippen LogP contribution in [-0.2, 0) is 4.74 Å². The molecule has 1 aromatic carbocycles. The monoisotopic (exact) mass is 230 g/mol. The number of hydrogen-bond donors (Lipinski definition) is 0. The van der Waals surface area contributed by atoms with Gasteiger partial charge in [-0.3, -0.25) is 0 Å². The van der Waals surface area contributed by atoms with E-state index < -0.39 is 0 Å². The van der Waals surface area contributed by atoms with E-state index in [4.69, 9.17) is 9.47 Å². The summed E-state index contributed by atoms with van der Waals surface area (Å²) in [7, 11) is 0. The first-order valence-corrected chi connectivity index (χ1v) is 6.46. The Balaban J connectivity index is 1.55. The average molecular weight is 230 g/mol. The van der Waals surface area contributed by atoms with Crippen LogP contribution in [0.2, 0.25) is 0 Å². The van der Waals surface area contributed by atoms with Crippen LogP contribution >= 0.6 is 0 Å². The SMILES string of the molecule is C1=C(COc2ccc(C3CC3)cc2)OCCC1. The third-order valence-electron chi connectivity index (χ3n) is 3.32. The van der Waals surface area contributed by atoms with Crippen molar-refractivity contribution in [2.75, 3.05) is 13.2 Å². The number of rotatable bonds is 4. The predicted molar refractivity (Wildman–Crippen MR) is 67.2 cm³/mol. The Bertz CT molecular complexity index is 401. The molecule has 2 aliphatic rings. The van der Waals surface area contributed by atoms with Gasteiger partial charge in [-0.25, -0.2) is 0 Å². The van der Waals surface area contributed by atoms with Gasteiger partial charge in [0, 0.05) is 0 Å². The molecule has 0 aromatic heterocycles. The van der Waals surface area contributed by atoms with E-state index in [-0.39, 0.29) is 0 Å². The smallest absolute Gasteiger partial charge is 0.145 e. The Labute approximate surface area is 102 Å². The summed E-state index contributed by atoms with van der Waals surface area (Å²) in [4.78, 5) is 0. The molecule has 0 N–H and O–H groups in total. The lowest BCUT2D eigenvalue weighted by atomic mass is 10.1. The maximum Gasteiger partial charge on any atom is 0.145 e. The van der Waals surface area contributed by atoms with Gasteiger partial charge in [0.15, 0.2) is 0 Å². The Morgan fingerprint density at radius 2 is 2.00 bits per heavy atom. The molecule has 1 aliphatic heterocycles. The van der Waals surface area contributed by atoms with Gasteiger partial charge in [-0.05, 0) is 55.4 Å². The van der Waals surface area contributed by atoms with Crippen molar-refractivity contribution < 1.29 is 9.47 Å². The zero-order valence-electron chi connectivity index (χ0n) is 10.0. The molecule has 0 unspecified atom stereocenters. The zero-order valence-corrected chi connectivity index (χ0v) is 10.0. The summed E-state index contributed by atoms with van der Waals surface area (Å²) in [6, 6.07) is 8.50. The summed E-state index contributed by atoms with van der Waals surface area (Å²) in [5.41, 5.74) is 1.45. The maximum atomic E-state index is 5.71. The maximum absolute atomic E-state index is 5.71. The lowest BCUT2D eigenvalue weighted by molar-refractivity contribution is 0.154. The van der Waals surface area contributed by atoms with Gasteiger partial charge in [0.05, 0.1) is 6.61 Å². The fourth-order valence-corrected chi connectivity index (χ4v) is 2.12. The van der Waals surface area contributed by atoms with Gasteiger partial charge in [0.25, 0.3) is 0 Å². The van der Waals surface area contributed by atoms with Crippen molar-refractivity contribution in [3.63, 3.8) is 0 Å². The van der Waals surface area contributed by atoms with E-state index in [1.54, 1.807) is 0 Å². The molecule has 0 spiro atoms. The summed E-state index contributed by atoms with van der Waals surface area (Å²) in [5.74, 6) is 2.72. The lowest BCUT2D eigenvalue weighted by Crippen LogP contribution is -2.09. The second-order valence-corrected chi connectivity index (χ2v) is 4.79. The number of benzene rings is 1. The fourth-order valence-electron chi connectivity index (χ4n) is 2.12. The molecule has 2 nitrogen and oxygen atoms in total. The highest BCUT2D eigenvalue weighted by molar-refractivity contribution is 5.31. The van der Waals surface area contributed by atoms with Gasteiger partial charge in [-0.15, -0.1) is 0 Å². The third-order valence-corrected chi connectivity index (χ3v) is 3.32. The van der Waals surface area contributed by atoms with Gasteiger partial charge in [0.2, 0.25) is 0 Å². The summed E-state index contributed by atoms with van der Waals surface area (Å²) in [5, 5.41) is 0. The van der Waals surface area contributed by atoms with Crippen molar-refractivity contribution in [3.8, 4) is 5.75 Å². The van der Waals surface area contributed by atoms with Crippen LogP contribution in [0.3, 0.4) is 0 Å². The van der Waals surface area contributed by atoms with Gasteiger partial charge < -0.3 is 9.47 Å². The quantitative estimate of drug-likeness (QED) is 0.786. The van der Waals surface area contributed by atoms with E-state index in [1.165, 1.54) is 18.4 Å². The molecule has 0 saturated heterocycles. The average Bonchev–Trinajstić information content (AvgIpc) is 3.23. The molecular weight excluding hydrogens is 212 g/mol. The normalized spacial score (nSPS) is 19.4. The number of ether oxygens (including phenoxy) is 2. The first-order valence-electron chi connectivity index (χ1n) is 6.46. The Kier molecular flexibility index (Phi) is 3.04. The van der Waals surface area contributed by atoms with Crippen LogP contribution < -0.4 is 4.74 Å². The van der Waals surface area contributed by atoms with Crippen LogP contribution in [0, 0.1) is 0 Å². The molecule has 1 aromatic rings. The minimum absolute atomic E-state index is 0.558. The molecule has 90 valence electrons. The summed E-state index contributed by atoms with van der Waals surface area (Å²) in [6.45, 7) is 1.39. The highest BCUT2D eigenvalue weighted by atomic mass is 16.5.